The van der Waals surface area contributed by atoms with E-state index in [2.05, 4.69) is 15.6 Å². The van der Waals surface area contributed by atoms with Gasteiger partial charge in [-0.15, -0.1) is 0 Å². The maximum atomic E-state index is 12.8. The molecule has 1 N–H and O–H groups in total. The fourth-order valence-electron chi connectivity index (χ4n) is 2.92. The zero-order chi connectivity index (χ0) is 19.5. The van der Waals surface area contributed by atoms with Crippen molar-refractivity contribution in [3.8, 4) is 11.3 Å². The highest BCUT2D eigenvalue weighted by Gasteiger charge is 2.22. The number of hydrogen-bond acceptors (Lipinski definition) is 4. The fraction of sp³-hybridized carbons (Fsp3) is 0.0952. The maximum absolute atomic E-state index is 12.8. The van der Waals surface area contributed by atoms with E-state index in [-0.39, 0.29) is 5.91 Å². The van der Waals surface area contributed by atoms with Crippen LogP contribution < -0.4 is 5.32 Å². The Labute approximate surface area is 166 Å². The molecule has 0 spiro atoms. The molecule has 0 saturated carbocycles. The van der Waals surface area contributed by atoms with Gasteiger partial charge in [-0.1, -0.05) is 59.2 Å². The van der Waals surface area contributed by atoms with E-state index in [0.717, 1.165) is 11.1 Å². The van der Waals surface area contributed by atoms with Crippen LogP contribution in [0.4, 0.5) is 5.69 Å². The van der Waals surface area contributed by atoms with Crippen molar-refractivity contribution >= 4 is 23.2 Å². The Hall–Kier alpha value is -3.38. The molecule has 0 aliphatic carbocycles. The molecule has 0 radical (unpaired) electrons. The second-order valence-electron chi connectivity index (χ2n) is 6.34. The minimum atomic E-state index is -0.288. The molecule has 28 heavy (non-hydrogen) atoms. The number of carbonyl (C=O) groups excluding carboxylic acids is 1. The molecule has 1 amide bonds. The third-order valence-corrected chi connectivity index (χ3v) is 4.54. The molecule has 0 saturated heterocycles. The van der Waals surface area contributed by atoms with Gasteiger partial charge in [0.2, 0.25) is 0 Å². The molecular formula is C21H17ClN4O2. The molecule has 140 valence electrons. The van der Waals surface area contributed by atoms with Crippen LogP contribution in [0, 0.1) is 6.92 Å². The first-order chi connectivity index (χ1) is 13.6. The summed E-state index contributed by atoms with van der Waals surface area (Å²) in [4.78, 5) is 12.8. The van der Waals surface area contributed by atoms with Gasteiger partial charge in [-0.2, -0.15) is 5.10 Å². The SMILES string of the molecule is Cc1onc(-c2ccccc2)c1C(=O)Nc1cnn(Cc2ccc(Cl)cc2)c1. The van der Waals surface area contributed by atoms with Crippen molar-refractivity contribution in [1.82, 2.24) is 14.9 Å². The summed E-state index contributed by atoms with van der Waals surface area (Å²) in [5.41, 5.74) is 3.41. The first-order valence-electron chi connectivity index (χ1n) is 8.70. The van der Waals surface area contributed by atoms with E-state index in [1.807, 2.05) is 54.6 Å². The summed E-state index contributed by atoms with van der Waals surface area (Å²) in [6, 6.07) is 17.0. The first-order valence-corrected chi connectivity index (χ1v) is 9.08. The summed E-state index contributed by atoms with van der Waals surface area (Å²) in [5.74, 6) is 0.175. The molecule has 2 aromatic heterocycles. The number of hydrogen-bond donors (Lipinski definition) is 1. The summed E-state index contributed by atoms with van der Waals surface area (Å²) in [6.07, 6.45) is 3.39. The summed E-state index contributed by atoms with van der Waals surface area (Å²) >= 11 is 5.91. The van der Waals surface area contributed by atoms with Gasteiger partial charge in [-0.3, -0.25) is 9.48 Å². The summed E-state index contributed by atoms with van der Waals surface area (Å²) in [6.45, 7) is 2.30. The van der Waals surface area contributed by atoms with E-state index in [9.17, 15) is 4.79 Å². The van der Waals surface area contributed by atoms with Crippen LogP contribution >= 0.6 is 11.6 Å². The molecule has 0 aliphatic rings. The quantitative estimate of drug-likeness (QED) is 0.529. The van der Waals surface area contributed by atoms with Crippen molar-refractivity contribution in [1.29, 1.82) is 0 Å². The Morgan fingerprint density at radius 2 is 1.89 bits per heavy atom. The van der Waals surface area contributed by atoms with Crippen molar-refractivity contribution in [2.75, 3.05) is 5.32 Å². The van der Waals surface area contributed by atoms with Crippen LogP contribution in [-0.2, 0) is 6.54 Å². The Kier molecular flexibility index (Phi) is 4.95. The highest BCUT2D eigenvalue weighted by atomic mass is 35.5. The predicted octanol–water partition coefficient (Wildman–Crippen LogP) is 4.80. The standard InChI is InChI=1S/C21H17ClN4O2/c1-14-19(20(25-28-14)16-5-3-2-4-6-16)21(27)24-18-11-23-26(13-18)12-15-7-9-17(22)10-8-15/h2-11,13H,12H2,1H3,(H,24,27). The molecule has 2 heterocycles. The molecular weight excluding hydrogens is 376 g/mol. The van der Waals surface area contributed by atoms with Gasteiger partial charge in [0.25, 0.3) is 5.91 Å². The van der Waals surface area contributed by atoms with E-state index >= 15 is 0 Å². The topological polar surface area (TPSA) is 73.0 Å². The maximum Gasteiger partial charge on any atom is 0.261 e. The van der Waals surface area contributed by atoms with E-state index in [4.69, 9.17) is 16.1 Å². The molecule has 0 atom stereocenters. The van der Waals surface area contributed by atoms with Gasteiger partial charge in [-0.05, 0) is 24.6 Å². The summed E-state index contributed by atoms with van der Waals surface area (Å²) < 4.78 is 7.01. The summed E-state index contributed by atoms with van der Waals surface area (Å²) in [7, 11) is 0. The number of rotatable bonds is 5. The molecule has 6 nitrogen and oxygen atoms in total. The minimum Gasteiger partial charge on any atom is -0.360 e. The lowest BCUT2D eigenvalue weighted by molar-refractivity contribution is 0.102. The van der Waals surface area contributed by atoms with Gasteiger partial charge in [0, 0.05) is 16.8 Å². The van der Waals surface area contributed by atoms with Crippen molar-refractivity contribution in [3.63, 3.8) is 0 Å². The van der Waals surface area contributed by atoms with Crippen LogP contribution in [0.15, 0.2) is 71.5 Å². The average molecular weight is 393 g/mol. The van der Waals surface area contributed by atoms with E-state index in [0.29, 0.717) is 34.3 Å². The lowest BCUT2D eigenvalue weighted by Crippen LogP contribution is -2.13. The minimum absolute atomic E-state index is 0.288. The van der Waals surface area contributed by atoms with Crippen LogP contribution in [0.25, 0.3) is 11.3 Å². The predicted molar refractivity (Wildman–Crippen MR) is 107 cm³/mol. The van der Waals surface area contributed by atoms with Gasteiger partial charge in [0.1, 0.15) is 17.0 Å². The number of carbonyl (C=O) groups is 1. The van der Waals surface area contributed by atoms with E-state index < -0.39 is 0 Å². The molecule has 7 heteroatoms. The lowest BCUT2D eigenvalue weighted by Gasteiger charge is -2.04. The largest absolute Gasteiger partial charge is 0.360 e. The normalized spacial score (nSPS) is 10.8. The van der Waals surface area contributed by atoms with Crippen molar-refractivity contribution in [3.05, 3.63) is 88.9 Å². The van der Waals surface area contributed by atoms with Crippen LogP contribution in [0.2, 0.25) is 5.02 Å². The number of halogens is 1. The molecule has 2 aromatic carbocycles. The Bertz CT molecular complexity index is 1100. The van der Waals surface area contributed by atoms with Crippen molar-refractivity contribution in [2.24, 2.45) is 0 Å². The van der Waals surface area contributed by atoms with E-state index in [1.54, 1.807) is 24.0 Å². The van der Waals surface area contributed by atoms with Crippen LogP contribution in [0.5, 0.6) is 0 Å². The molecule has 4 rings (SSSR count). The zero-order valence-electron chi connectivity index (χ0n) is 15.1. The number of anilines is 1. The Morgan fingerprint density at radius 1 is 1.14 bits per heavy atom. The van der Waals surface area contributed by atoms with Gasteiger partial charge in [0.05, 0.1) is 18.4 Å². The van der Waals surface area contributed by atoms with Crippen LogP contribution in [0.3, 0.4) is 0 Å². The summed E-state index contributed by atoms with van der Waals surface area (Å²) in [5, 5.41) is 11.9. The Balaban J connectivity index is 1.51. The van der Waals surface area contributed by atoms with E-state index in [1.165, 1.54) is 0 Å². The molecule has 0 fully saturated rings. The van der Waals surface area contributed by atoms with Gasteiger partial charge < -0.3 is 9.84 Å². The number of aromatic nitrogens is 3. The van der Waals surface area contributed by atoms with Gasteiger partial charge in [0.15, 0.2) is 0 Å². The highest BCUT2D eigenvalue weighted by Crippen LogP contribution is 2.26. The lowest BCUT2D eigenvalue weighted by atomic mass is 10.1. The van der Waals surface area contributed by atoms with Crippen LogP contribution in [-0.4, -0.2) is 20.8 Å². The van der Waals surface area contributed by atoms with Crippen molar-refractivity contribution < 1.29 is 9.32 Å². The average Bonchev–Trinajstić information content (AvgIpc) is 3.30. The second kappa shape index (κ2) is 7.70. The number of benzene rings is 2. The number of nitrogens with one attached hydrogen (secondary N) is 1. The molecule has 0 bridgehead atoms. The monoisotopic (exact) mass is 392 g/mol. The number of nitrogens with zero attached hydrogens (tertiary/aromatic N) is 3. The Morgan fingerprint density at radius 3 is 2.64 bits per heavy atom. The number of aryl methyl sites for hydroxylation is 1. The van der Waals surface area contributed by atoms with Crippen LogP contribution in [0.1, 0.15) is 21.7 Å². The van der Waals surface area contributed by atoms with Crippen molar-refractivity contribution in [2.45, 2.75) is 13.5 Å². The highest BCUT2D eigenvalue weighted by molar-refractivity contribution is 6.30. The zero-order valence-corrected chi connectivity index (χ0v) is 15.8. The fourth-order valence-corrected chi connectivity index (χ4v) is 3.04. The smallest absolute Gasteiger partial charge is 0.261 e. The number of amides is 1. The molecule has 0 unspecified atom stereocenters. The van der Waals surface area contributed by atoms with Gasteiger partial charge >= 0.3 is 0 Å². The third-order valence-electron chi connectivity index (χ3n) is 4.29. The molecule has 4 aromatic rings. The molecule has 0 aliphatic heterocycles. The van der Waals surface area contributed by atoms with Gasteiger partial charge in [-0.25, -0.2) is 0 Å². The first kappa shape index (κ1) is 18.0. The third kappa shape index (κ3) is 3.82. The second-order valence-corrected chi connectivity index (χ2v) is 6.77.